The summed E-state index contributed by atoms with van der Waals surface area (Å²) in [5.41, 5.74) is 5.81. The van der Waals surface area contributed by atoms with Crippen molar-refractivity contribution in [2.45, 2.75) is 12.5 Å². The SMILES string of the molecule is COc1cccc(CC(NN)c2cncs2)c1. The van der Waals surface area contributed by atoms with Crippen LogP contribution in [-0.4, -0.2) is 12.1 Å². The van der Waals surface area contributed by atoms with Crippen LogP contribution in [0.3, 0.4) is 0 Å². The van der Waals surface area contributed by atoms with Crippen LogP contribution in [0.4, 0.5) is 0 Å². The molecule has 90 valence electrons. The van der Waals surface area contributed by atoms with Crippen molar-refractivity contribution in [2.75, 3.05) is 7.11 Å². The molecular weight excluding hydrogens is 234 g/mol. The van der Waals surface area contributed by atoms with E-state index in [0.717, 1.165) is 17.0 Å². The average molecular weight is 249 g/mol. The second-order valence-corrected chi connectivity index (χ2v) is 4.60. The smallest absolute Gasteiger partial charge is 0.119 e. The molecule has 0 fully saturated rings. The zero-order chi connectivity index (χ0) is 12.1. The molecule has 0 aliphatic heterocycles. The maximum absolute atomic E-state index is 5.58. The van der Waals surface area contributed by atoms with Crippen LogP contribution in [0.15, 0.2) is 36.0 Å². The number of nitrogens with zero attached hydrogens (tertiary/aromatic N) is 1. The Morgan fingerprint density at radius 2 is 2.41 bits per heavy atom. The van der Waals surface area contributed by atoms with Crippen LogP contribution in [0.1, 0.15) is 16.5 Å². The summed E-state index contributed by atoms with van der Waals surface area (Å²) in [4.78, 5) is 5.20. The van der Waals surface area contributed by atoms with Gasteiger partial charge in [-0.3, -0.25) is 16.3 Å². The van der Waals surface area contributed by atoms with Crippen molar-refractivity contribution >= 4 is 11.3 Å². The van der Waals surface area contributed by atoms with Crippen molar-refractivity contribution in [1.82, 2.24) is 10.4 Å². The van der Waals surface area contributed by atoms with E-state index >= 15 is 0 Å². The van der Waals surface area contributed by atoms with Crippen molar-refractivity contribution in [2.24, 2.45) is 5.84 Å². The van der Waals surface area contributed by atoms with Crippen LogP contribution in [0.25, 0.3) is 0 Å². The van der Waals surface area contributed by atoms with Gasteiger partial charge in [-0.2, -0.15) is 0 Å². The number of methoxy groups -OCH3 is 1. The van der Waals surface area contributed by atoms with Gasteiger partial charge in [0.25, 0.3) is 0 Å². The fourth-order valence-corrected chi connectivity index (χ4v) is 2.36. The Labute approximate surface area is 104 Å². The van der Waals surface area contributed by atoms with Crippen molar-refractivity contribution in [3.8, 4) is 5.75 Å². The van der Waals surface area contributed by atoms with Gasteiger partial charge in [0.1, 0.15) is 5.75 Å². The molecule has 0 saturated heterocycles. The van der Waals surface area contributed by atoms with Crippen LogP contribution >= 0.6 is 11.3 Å². The lowest BCUT2D eigenvalue weighted by Gasteiger charge is -2.14. The van der Waals surface area contributed by atoms with Gasteiger partial charge in [0.2, 0.25) is 0 Å². The molecule has 3 N–H and O–H groups in total. The Balaban J connectivity index is 2.13. The Morgan fingerprint density at radius 1 is 1.53 bits per heavy atom. The second kappa shape index (κ2) is 5.77. The maximum atomic E-state index is 5.58. The Morgan fingerprint density at radius 3 is 3.06 bits per heavy atom. The van der Waals surface area contributed by atoms with Gasteiger partial charge in [0, 0.05) is 11.1 Å². The normalized spacial score (nSPS) is 12.4. The van der Waals surface area contributed by atoms with Gasteiger partial charge < -0.3 is 4.74 Å². The molecule has 0 saturated carbocycles. The topological polar surface area (TPSA) is 60.2 Å². The molecule has 0 spiro atoms. The van der Waals surface area contributed by atoms with Gasteiger partial charge in [-0.15, -0.1) is 11.3 Å². The van der Waals surface area contributed by atoms with Gasteiger partial charge in [0.05, 0.1) is 18.7 Å². The molecular formula is C12H15N3OS. The van der Waals surface area contributed by atoms with Crippen molar-refractivity contribution in [1.29, 1.82) is 0 Å². The van der Waals surface area contributed by atoms with Crippen molar-refractivity contribution in [3.63, 3.8) is 0 Å². The number of ether oxygens (including phenoxy) is 1. The van der Waals surface area contributed by atoms with Crippen LogP contribution in [0.2, 0.25) is 0 Å². The number of rotatable bonds is 5. The number of hydrogen-bond acceptors (Lipinski definition) is 5. The highest BCUT2D eigenvalue weighted by molar-refractivity contribution is 7.09. The molecule has 2 rings (SSSR count). The van der Waals surface area contributed by atoms with Crippen molar-refractivity contribution in [3.05, 3.63) is 46.4 Å². The summed E-state index contributed by atoms with van der Waals surface area (Å²) < 4.78 is 5.20. The highest BCUT2D eigenvalue weighted by Gasteiger charge is 2.12. The van der Waals surface area contributed by atoms with E-state index in [1.54, 1.807) is 18.4 Å². The first-order valence-electron chi connectivity index (χ1n) is 5.31. The number of nitrogens with two attached hydrogens (primary N) is 1. The molecule has 17 heavy (non-hydrogen) atoms. The van der Waals surface area contributed by atoms with Gasteiger partial charge in [-0.05, 0) is 24.1 Å². The maximum Gasteiger partial charge on any atom is 0.119 e. The minimum absolute atomic E-state index is 0.0922. The lowest BCUT2D eigenvalue weighted by atomic mass is 10.1. The molecule has 0 aliphatic rings. The highest BCUT2D eigenvalue weighted by atomic mass is 32.1. The Bertz CT molecular complexity index is 459. The van der Waals surface area contributed by atoms with Crippen LogP contribution in [0, 0.1) is 0 Å². The van der Waals surface area contributed by atoms with E-state index < -0.39 is 0 Å². The van der Waals surface area contributed by atoms with E-state index in [0.29, 0.717) is 0 Å². The molecule has 0 aliphatic carbocycles. The fraction of sp³-hybridized carbons (Fsp3) is 0.250. The quantitative estimate of drug-likeness (QED) is 0.627. The summed E-state index contributed by atoms with van der Waals surface area (Å²) in [5.74, 6) is 6.44. The summed E-state index contributed by atoms with van der Waals surface area (Å²) in [5, 5.41) is 0. The summed E-state index contributed by atoms with van der Waals surface area (Å²) in [6.07, 6.45) is 2.66. The first kappa shape index (κ1) is 12.0. The third-order valence-corrected chi connectivity index (χ3v) is 3.46. The molecule has 1 aromatic carbocycles. The van der Waals surface area contributed by atoms with Gasteiger partial charge in [-0.1, -0.05) is 12.1 Å². The predicted molar refractivity (Wildman–Crippen MR) is 68.9 cm³/mol. The number of thiazole rings is 1. The largest absolute Gasteiger partial charge is 0.497 e. The summed E-state index contributed by atoms with van der Waals surface area (Å²) in [7, 11) is 1.67. The summed E-state index contributed by atoms with van der Waals surface area (Å²) in [6, 6.07) is 8.09. The summed E-state index contributed by atoms with van der Waals surface area (Å²) >= 11 is 1.60. The fourth-order valence-electron chi connectivity index (χ4n) is 1.67. The van der Waals surface area contributed by atoms with Gasteiger partial charge >= 0.3 is 0 Å². The number of aromatic nitrogens is 1. The van der Waals surface area contributed by atoms with Crippen LogP contribution in [0.5, 0.6) is 5.75 Å². The van der Waals surface area contributed by atoms with E-state index in [-0.39, 0.29) is 6.04 Å². The van der Waals surface area contributed by atoms with Crippen molar-refractivity contribution < 1.29 is 4.74 Å². The molecule has 1 heterocycles. The first-order chi connectivity index (χ1) is 8.33. The van der Waals surface area contributed by atoms with Gasteiger partial charge in [-0.25, -0.2) is 0 Å². The van der Waals surface area contributed by atoms with Gasteiger partial charge in [0.15, 0.2) is 0 Å². The Kier molecular flexibility index (Phi) is 4.08. The lowest BCUT2D eigenvalue weighted by molar-refractivity contribution is 0.414. The molecule has 0 amide bonds. The predicted octanol–water partition coefficient (Wildman–Crippen LogP) is 1.90. The molecule has 1 atom stereocenters. The highest BCUT2D eigenvalue weighted by Crippen LogP contribution is 2.22. The van der Waals surface area contributed by atoms with E-state index in [1.807, 2.05) is 29.9 Å². The zero-order valence-electron chi connectivity index (χ0n) is 9.59. The molecule has 1 unspecified atom stereocenters. The van der Waals surface area contributed by atoms with Crippen LogP contribution in [-0.2, 0) is 6.42 Å². The third kappa shape index (κ3) is 3.03. The van der Waals surface area contributed by atoms with E-state index in [1.165, 1.54) is 5.56 Å². The minimum atomic E-state index is 0.0922. The first-order valence-corrected chi connectivity index (χ1v) is 6.19. The molecule has 4 nitrogen and oxygen atoms in total. The molecule has 1 aromatic heterocycles. The minimum Gasteiger partial charge on any atom is -0.497 e. The molecule has 0 radical (unpaired) electrons. The average Bonchev–Trinajstić information content (AvgIpc) is 2.90. The third-order valence-electron chi connectivity index (χ3n) is 2.57. The van der Waals surface area contributed by atoms with E-state index in [9.17, 15) is 0 Å². The van der Waals surface area contributed by atoms with Crippen LogP contribution < -0.4 is 16.0 Å². The van der Waals surface area contributed by atoms with E-state index in [4.69, 9.17) is 10.6 Å². The number of benzene rings is 1. The molecule has 5 heteroatoms. The number of nitrogens with one attached hydrogen (secondary N) is 1. The Hall–Kier alpha value is -1.43. The molecule has 2 aromatic rings. The molecule has 0 bridgehead atoms. The standard InChI is InChI=1S/C12H15N3OS/c1-16-10-4-2-3-9(5-10)6-11(15-13)12-7-14-8-17-12/h2-5,7-8,11,15H,6,13H2,1H3. The second-order valence-electron chi connectivity index (χ2n) is 3.68. The monoisotopic (exact) mass is 249 g/mol. The number of hydrazine groups is 1. The number of hydrogen-bond donors (Lipinski definition) is 2. The summed E-state index contributed by atoms with van der Waals surface area (Å²) in [6.45, 7) is 0. The zero-order valence-corrected chi connectivity index (χ0v) is 10.4. The lowest BCUT2D eigenvalue weighted by Crippen LogP contribution is -2.28. The van der Waals surface area contributed by atoms with E-state index in [2.05, 4.69) is 16.5 Å².